The van der Waals surface area contributed by atoms with Gasteiger partial charge in [0, 0.05) is 17.8 Å². The Labute approximate surface area is 188 Å². The zero-order chi connectivity index (χ0) is 22.9. The summed E-state index contributed by atoms with van der Waals surface area (Å²) in [7, 11) is 0. The van der Waals surface area contributed by atoms with Crippen LogP contribution in [0.25, 0.3) is 0 Å². The Morgan fingerprint density at radius 1 is 1.29 bits per heavy atom. The highest BCUT2D eigenvalue weighted by molar-refractivity contribution is 9.12. The number of Topliss-reactive ketones (excluding diaryl/α,β-unsaturated/α-hetero) is 1. The Hall–Kier alpha value is -1.64. The highest BCUT2D eigenvalue weighted by Gasteiger charge is 2.69. The van der Waals surface area contributed by atoms with Crippen molar-refractivity contribution in [1.29, 1.82) is 0 Å². The van der Waals surface area contributed by atoms with Crippen molar-refractivity contribution in [2.45, 2.75) is 57.9 Å². The standard InChI is InChI=1S/C23H26BrFO6/c1-11(26)31-10-20(29)23(30)19(28)8-14-12-6-17(25)15-7-18(27)16(24)9-21(15,2)13(12)4-5-22(14,23)3/h4,7,9,12,14,17,19,28,30H,5-6,8,10H2,1-3H3. The van der Waals surface area contributed by atoms with Crippen LogP contribution in [0.3, 0.4) is 0 Å². The van der Waals surface area contributed by atoms with Gasteiger partial charge in [-0.25, -0.2) is 4.39 Å². The quantitative estimate of drug-likeness (QED) is 0.460. The molecule has 0 radical (unpaired) electrons. The molecule has 4 aliphatic carbocycles. The molecular weight excluding hydrogens is 471 g/mol. The van der Waals surface area contributed by atoms with E-state index >= 15 is 4.39 Å². The van der Waals surface area contributed by atoms with Gasteiger partial charge in [0.15, 0.2) is 18.0 Å². The van der Waals surface area contributed by atoms with Gasteiger partial charge in [0.25, 0.3) is 0 Å². The van der Waals surface area contributed by atoms with Gasteiger partial charge in [0.1, 0.15) is 6.17 Å². The van der Waals surface area contributed by atoms with Crippen LogP contribution in [0, 0.1) is 22.7 Å². The Morgan fingerprint density at radius 3 is 2.61 bits per heavy atom. The fraction of sp³-hybridized carbons (Fsp3) is 0.609. The Morgan fingerprint density at radius 2 is 1.97 bits per heavy atom. The molecule has 2 saturated carbocycles. The molecule has 2 N–H and O–H groups in total. The van der Waals surface area contributed by atoms with Crippen LogP contribution < -0.4 is 0 Å². The number of carbonyl (C=O) groups excluding carboxylic acids is 3. The summed E-state index contributed by atoms with van der Waals surface area (Å²) in [5, 5.41) is 22.2. The summed E-state index contributed by atoms with van der Waals surface area (Å²) in [6, 6.07) is 0. The van der Waals surface area contributed by atoms with Crippen molar-refractivity contribution in [2.75, 3.05) is 6.61 Å². The third kappa shape index (κ3) is 2.98. The molecule has 4 aliphatic rings. The second-order valence-electron chi connectivity index (χ2n) is 9.58. The molecule has 0 spiro atoms. The van der Waals surface area contributed by atoms with Crippen LogP contribution in [0.5, 0.6) is 0 Å². The van der Waals surface area contributed by atoms with Gasteiger partial charge in [-0.1, -0.05) is 24.6 Å². The lowest BCUT2D eigenvalue weighted by Crippen LogP contribution is -2.60. The van der Waals surface area contributed by atoms with Crippen LogP contribution in [-0.2, 0) is 19.1 Å². The SMILES string of the molecule is CC(=O)OCC(=O)C1(O)C(O)CC2C3CC(F)C4=CC(=O)C(Br)=CC4(C)C3=CCC21C. The van der Waals surface area contributed by atoms with Crippen LogP contribution >= 0.6 is 15.9 Å². The molecular formula is C23H26BrFO6. The van der Waals surface area contributed by atoms with E-state index in [0.29, 0.717) is 16.5 Å². The van der Waals surface area contributed by atoms with Gasteiger partial charge in [-0.3, -0.25) is 14.4 Å². The Bertz CT molecular complexity index is 969. The largest absolute Gasteiger partial charge is 0.458 e. The highest BCUT2D eigenvalue weighted by atomic mass is 79.9. The first-order valence-electron chi connectivity index (χ1n) is 10.4. The molecule has 7 unspecified atom stereocenters. The van der Waals surface area contributed by atoms with E-state index in [4.69, 9.17) is 4.74 Å². The van der Waals surface area contributed by atoms with Crippen molar-refractivity contribution in [3.63, 3.8) is 0 Å². The van der Waals surface area contributed by atoms with Gasteiger partial charge in [0.05, 0.1) is 10.6 Å². The molecule has 0 saturated heterocycles. The minimum absolute atomic E-state index is 0.118. The van der Waals surface area contributed by atoms with Crippen molar-refractivity contribution in [1.82, 2.24) is 0 Å². The number of ketones is 2. The average Bonchev–Trinajstić information content (AvgIpc) is 2.90. The summed E-state index contributed by atoms with van der Waals surface area (Å²) in [6.45, 7) is 4.16. The third-order valence-electron chi connectivity index (χ3n) is 8.05. The molecule has 168 valence electrons. The van der Waals surface area contributed by atoms with E-state index in [9.17, 15) is 24.6 Å². The topological polar surface area (TPSA) is 101 Å². The molecule has 4 rings (SSSR count). The maximum Gasteiger partial charge on any atom is 0.303 e. The first kappa shape index (κ1) is 22.6. The predicted octanol–water partition coefficient (Wildman–Crippen LogP) is 2.72. The van der Waals surface area contributed by atoms with E-state index in [1.54, 1.807) is 13.0 Å². The lowest BCUT2D eigenvalue weighted by Gasteiger charge is -2.54. The second kappa shape index (κ2) is 7.18. The van der Waals surface area contributed by atoms with Gasteiger partial charge in [0.2, 0.25) is 5.78 Å². The summed E-state index contributed by atoms with van der Waals surface area (Å²) in [5.74, 6) is -2.33. The van der Waals surface area contributed by atoms with Crippen molar-refractivity contribution in [3.05, 3.63) is 33.9 Å². The van der Waals surface area contributed by atoms with Crippen LogP contribution in [0.4, 0.5) is 4.39 Å². The number of esters is 1. The van der Waals surface area contributed by atoms with E-state index in [1.165, 1.54) is 13.0 Å². The summed E-state index contributed by atoms with van der Waals surface area (Å²) in [6.07, 6.45) is 2.87. The monoisotopic (exact) mass is 496 g/mol. The minimum atomic E-state index is -2.10. The second-order valence-corrected chi connectivity index (χ2v) is 10.4. The number of aliphatic hydroxyl groups is 2. The molecule has 0 amide bonds. The molecule has 0 aromatic carbocycles. The van der Waals surface area contributed by atoms with Gasteiger partial charge in [-0.15, -0.1) is 0 Å². The minimum Gasteiger partial charge on any atom is -0.458 e. The summed E-state index contributed by atoms with van der Waals surface area (Å²) in [4.78, 5) is 36.2. The van der Waals surface area contributed by atoms with Crippen molar-refractivity contribution in [3.8, 4) is 0 Å². The lowest BCUT2D eigenvalue weighted by molar-refractivity contribution is -0.174. The summed E-state index contributed by atoms with van der Waals surface area (Å²) in [5.41, 5.74) is -2.56. The van der Waals surface area contributed by atoms with Crippen LogP contribution in [0.2, 0.25) is 0 Å². The number of halogens is 2. The number of hydrogen-bond donors (Lipinski definition) is 2. The number of hydrogen-bond acceptors (Lipinski definition) is 6. The highest BCUT2D eigenvalue weighted by Crippen LogP contribution is 2.65. The molecule has 7 atom stereocenters. The molecule has 2 fully saturated rings. The molecule has 0 bridgehead atoms. The lowest BCUT2D eigenvalue weighted by atomic mass is 9.51. The number of allylic oxidation sites excluding steroid dienone is 6. The van der Waals surface area contributed by atoms with E-state index in [1.807, 2.05) is 13.0 Å². The fourth-order valence-electron chi connectivity index (χ4n) is 6.39. The molecule has 0 aromatic heterocycles. The average molecular weight is 497 g/mol. The molecule has 0 aromatic rings. The van der Waals surface area contributed by atoms with Crippen molar-refractivity contribution in [2.24, 2.45) is 22.7 Å². The Kier molecular flexibility index (Phi) is 5.23. The first-order valence-corrected chi connectivity index (χ1v) is 11.2. The molecule has 0 heterocycles. The van der Waals surface area contributed by atoms with E-state index in [-0.39, 0.29) is 30.5 Å². The smallest absolute Gasteiger partial charge is 0.303 e. The van der Waals surface area contributed by atoms with Crippen LogP contribution in [0.15, 0.2) is 33.9 Å². The zero-order valence-corrected chi connectivity index (χ0v) is 19.2. The van der Waals surface area contributed by atoms with Crippen LogP contribution in [-0.4, -0.2) is 52.2 Å². The number of ether oxygens (including phenoxy) is 1. The number of rotatable bonds is 3. The van der Waals surface area contributed by atoms with E-state index < -0.39 is 47.1 Å². The number of aliphatic hydroxyl groups excluding tert-OH is 1. The molecule has 6 nitrogen and oxygen atoms in total. The van der Waals surface area contributed by atoms with Crippen molar-refractivity contribution < 1.29 is 33.7 Å². The third-order valence-corrected chi connectivity index (χ3v) is 8.67. The normalized spacial score (nSPS) is 43.7. The van der Waals surface area contributed by atoms with Gasteiger partial charge >= 0.3 is 5.97 Å². The van der Waals surface area contributed by atoms with Gasteiger partial charge < -0.3 is 14.9 Å². The zero-order valence-electron chi connectivity index (χ0n) is 17.7. The molecule has 8 heteroatoms. The predicted molar refractivity (Wildman–Crippen MR) is 113 cm³/mol. The van der Waals surface area contributed by atoms with Gasteiger partial charge in [-0.05, 0) is 65.6 Å². The fourth-order valence-corrected chi connectivity index (χ4v) is 6.97. The number of alkyl halides is 1. The Balaban J connectivity index is 1.76. The van der Waals surface area contributed by atoms with E-state index in [0.717, 1.165) is 5.57 Å². The van der Waals surface area contributed by atoms with Crippen LogP contribution in [0.1, 0.15) is 40.0 Å². The van der Waals surface area contributed by atoms with Gasteiger partial charge in [-0.2, -0.15) is 0 Å². The van der Waals surface area contributed by atoms with Crippen molar-refractivity contribution >= 4 is 33.5 Å². The van der Waals surface area contributed by atoms with E-state index in [2.05, 4.69) is 15.9 Å². The summed E-state index contributed by atoms with van der Waals surface area (Å²) >= 11 is 3.28. The molecule has 0 aliphatic heterocycles. The number of fused-ring (bicyclic) bond motifs is 5. The molecule has 31 heavy (non-hydrogen) atoms. The number of carbonyl (C=O) groups is 3. The maximum atomic E-state index is 15.3. The first-order chi connectivity index (χ1) is 14.4. The maximum absolute atomic E-state index is 15.3. The summed E-state index contributed by atoms with van der Waals surface area (Å²) < 4.78 is 20.5.